The lowest BCUT2D eigenvalue weighted by Crippen LogP contribution is -2.19. The van der Waals surface area contributed by atoms with Gasteiger partial charge >= 0.3 is 6.03 Å². The average molecular weight is 287 g/mol. The van der Waals surface area contributed by atoms with Crippen LogP contribution in [0.3, 0.4) is 0 Å². The first-order valence-corrected chi connectivity index (χ1v) is 6.48. The van der Waals surface area contributed by atoms with E-state index in [1.165, 1.54) is 35.0 Å². The molecule has 8 nitrogen and oxygen atoms in total. The molecule has 100 valence electrons. The number of hydrogen-bond donors (Lipinski definition) is 2. The van der Waals surface area contributed by atoms with E-state index in [-0.39, 0.29) is 6.03 Å². The van der Waals surface area contributed by atoms with Gasteiger partial charge in [-0.1, -0.05) is 0 Å². The molecule has 0 saturated carbocycles. The van der Waals surface area contributed by atoms with Crippen molar-refractivity contribution in [1.82, 2.24) is 24.7 Å². The highest BCUT2D eigenvalue weighted by atomic mass is 32.1. The summed E-state index contributed by atoms with van der Waals surface area (Å²) < 4.78 is 1.48. The largest absolute Gasteiger partial charge is 0.325 e. The number of amides is 2. The maximum absolute atomic E-state index is 11.8. The number of carbonyl (C=O) groups is 1. The minimum absolute atomic E-state index is 0.365. The number of aromatic nitrogens is 5. The first-order chi connectivity index (χ1) is 9.81. The molecular formula is C11H9N7OS. The highest BCUT2D eigenvalue weighted by Crippen LogP contribution is 2.15. The lowest BCUT2D eigenvalue weighted by molar-refractivity contribution is 0.262. The minimum atomic E-state index is -0.365. The first-order valence-electron chi connectivity index (χ1n) is 5.60. The van der Waals surface area contributed by atoms with E-state index in [1.807, 2.05) is 17.5 Å². The van der Waals surface area contributed by atoms with Gasteiger partial charge in [0.15, 0.2) is 5.82 Å². The number of nitrogens with one attached hydrogen (secondary N) is 2. The van der Waals surface area contributed by atoms with Gasteiger partial charge in [-0.05, 0) is 17.5 Å². The Morgan fingerprint density at radius 1 is 1.25 bits per heavy atom. The maximum atomic E-state index is 11.8. The third-order valence-corrected chi connectivity index (χ3v) is 3.09. The second-order valence-electron chi connectivity index (χ2n) is 3.66. The standard InChI is InChI=1S/C11H9N7OS/c19-11(17-10-2-1-3-20-10)16-8-4-9(14-6-13-8)18-7-12-5-15-18/h1-7H,(H2,13,14,16,17,19). The number of rotatable bonds is 3. The summed E-state index contributed by atoms with van der Waals surface area (Å²) in [5.74, 6) is 0.892. The number of anilines is 2. The maximum Gasteiger partial charge on any atom is 0.325 e. The van der Waals surface area contributed by atoms with Crippen LogP contribution >= 0.6 is 11.3 Å². The van der Waals surface area contributed by atoms with Gasteiger partial charge in [-0.25, -0.2) is 24.4 Å². The van der Waals surface area contributed by atoms with Crippen LogP contribution in [-0.4, -0.2) is 30.8 Å². The van der Waals surface area contributed by atoms with Gasteiger partial charge in [0.05, 0.1) is 5.00 Å². The summed E-state index contributed by atoms with van der Waals surface area (Å²) >= 11 is 1.44. The van der Waals surface area contributed by atoms with Crippen molar-refractivity contribution < 1.29 is 4.79 Å². The molecule has 0 aliphatic rings. The highest BCUT2D eigenvalue weighted by Gasteiger charge is 2.06. The van der Waals surface area contributed by atoms with Crippen molar-refractivity contribution >= 4 is 28.2 Å². The van der Waals surface area contributed by atoms with Crippen molar-refractivity contribution in [3.8, 4) is 5.82 Å². The summed E-state index contributed by atoms with van der Waals surface area (Å²) in [5.41, 5.74) is 0. The van der Waals surface area contributed by atoms with Gasteiger partial charge in [0.25, 0.3) is 0 Å². The van der Waals surface area contributed by atoms with E-state index in [1.54, 1.807) is 6.07 Å². The van der Waals surface area contributed by atoms with Crippen LogP contribution in [0.15, 0.2) is 42.6 Å². The molecule has 0 bridgehead atoms. The predicted molar refractivity (Wildman–Crippen MR) is 73.9 cm³/mol. The van der Waals surface area contributed by atoms with Crippen molar-refractivity contribution in [2.45, 2.75) is 0 Å². The fourth-order valence-electron chi connectivity index (χ4n) is 1.48. The van der Waals surface area contributed by atoms with Crippen molar-refractivity contribution in [2.75, 3.05) is 10.6 Å². The molecule has 9 heteroatoms. The van der Waals surface area contributed by atoms with Gasteiger partial charge < -0.3 is 0 Å². The van der Waals surface area contributed by atoms with Crippen LogP contribution in [0.1, 0.15) is 0 Å². The average Bonchev–Trinajstić information content (AvgIpc) is 3.11. The molecule has 0 spiro atoms. The van der Waals surface area contributed by atoms with Gasteiger partial charge in [0.1, 0.15) is 24.8 Å². The van der Waals surface area contributed by atoms with Crippen LogP contribution in [0.5, 0.6) is 0 Å². The van der Waals surface area contributed by atoms with Gasteiger partial charge in [0, 0.05) is 6.07 Å². The number of urea groups is 1. The van der Waals surface area contributed by atoms with E-state index in [4.69, 9.17) is 0 Å². The van der Waals surface area contributed by atoms with Crippen LogP contribution in [0.25, 0.3) is 5.82 Å². The van der Waals surface area contributed by atoms with Gasteiger partial charge in [0.2, 0.25) is 0 Å². The molecule has 20 heavy (non-hydrogen) atoms. The molecule has 3 aromatic rings. The second kappa shape index (κ2) is 5.45. The Kier molecular flexibility index (Phi) is 3.33. The Bertz CT molecular complexity index is 695. The fraction of sp³-hybridized carbons (Fsp3) is 0. The molecule has 0 aromatic carbocycles. The summed E-state index contributed by atoms with van der Waals surface area (Å²) in [5, 5.41) is 11.9. The summed E-state index contributed by atoms with van der Waals surface area (Å²) in [4.78, 5) is 23.6. The number of carbonyl (C=O) groups excluding carboxylic acids is 1. The number of thiophene rings is 1. The monoisotopic (exact) mass is 287 g/mol. The third kappa shape index (κ3) is 2.78. The molecule has 2 amide bonds. The number of hydrogen-bond acceptors (Lipinski definition) is 6. The van der Waals surface area contributed by atoms with E-state index in [0.717, 1.165) is 5.00 Å². The van der Waals surface area contributed by atoms with Crippen LogP contribution in [-0.2, 0) is 0 Å². The van der Waals surface area contributed by atoms with Gasteiger partial charge in [-0.2, -0.15) is 5.10 Å². The summed E-state index contributed by atoms with van der Waals surface area (Å²) in [6.45, 7) is 0. The van der Waals surface area contributed by atoms with Crippen molar-refractivity contribution in [3.05, 3.63) is 42.6 Å². The highest BCUT2D eigenvalue weighted by molar-refractivity contribution is 7.14. The lowest BCUT2D eigenvalue weighted by Gasteiger charge is -2.06. The van der Waals surface area contributed by atoms with Crippen LogP contribution in [0.4, 0.5) is 15.6 Å². The summed E-state index contributed by atoms with van der Waals surface area (Å²) in [7, 11) is 0. The van der Waals surface area contributed by atoms with Crippen LogP contribution in [0, 0.1) is 0 Å². The minimum Gasteiger partial charge on any atom is -0.299 e. The van der Waals surface area contributed by atoms with Crippen LogP contribution < -0.4 is 10.6 Å². The fourth-order valence-corrected chi connectivity index (χ4v) is 2.09. The molecule has 2 N–H and O–H groups in total. The SMILES string of the molecule is O=C(Nc1cc(-n2cncn2)ncn1)Nc1cccs1. The molecule has 0 unspecified atom stereocenters. The molecule has 3 aromatic heterocycles. The lowest BCUT2D eigenvalue weighted by atomic mass is 10.5. The molecular weight excluding hydrogens is 278 g/mol. The molecule has 0 atom stereocenters. The molecule has 0 saturated heterocycles. The zero-order valence-corrected chi connectivity index (χ0v) is 10.9. The van der Waals surface area contributed by atoms with Gasteiger partial charge in [-0.15, -0.1) is 11.3 Å². The molecule has 0 radical (unpaired) electrons. The Morgan fingerprint density at radius 3 is 2.95 bits per heavy atom. The molecule has 0 fully saturated rings. The predicted octanol–water partition coefficient (Wildman–Crippen LogP) is 1.76. The Morgan fingerprint density at radius 2 is 2.20 bits per heavy atom. The van der Waals surface area contributed by atoms with Crippen molar-refractivity contribution in [2.24, 2.45) is 0 Å². The summed E-state index contributed by atoms with van der Waals surface area (Å²) in [6, 6.07) is 4.90. The van der Waals surface area contributed by atoms with Crippen LogP contribution in [0.2, 0.25) is 0 Å². The number of nitrogens with zero attached hydrogens (tertiary/aromatic N) is 5. The molecule has 3 rings (SSSR count). The molecule has 3 heterocycles. The van der Waals surface area contributed by atoms with E-state index in [0.29, 0.717) is 11.6 Å². The van der Waals surface area contributed by atoms with E-state index >= 15 is 0 Å². The normalized spacial score (nSPS) is 10.2. The summed E-state index contributed by atoms with van der Waals surface area (Å²) in [6.07, 6.45) is 4.26. The van der Waals surface area contributed by atoms with Gasteiger partial charge in [-0.3, -0.25) is 10.6 Å². The zero-order valence-electron chi connectivity index (χ0n) is 10.1. The van der Waals surface area contributed by atoms with E-state index in [9.17, 15) is 4.79 Å². The first kappa shape index (κ1) is 12.2. The van der Waals surface area contributed by atoms with Crippen molar-refractivity contribution in [3.63, 3.8) is 0 Å². The second-order valence-corrected chi connectivity index (χ2v) is 4.61. The topological polar surface area (TPSA) is 97.6 Å². The molecule has 0 aliphatic heterocycles. The van der Waals surface area contributed by atoms with E-state index < -0.39 is 0 Å². The smallest absolute Gasteiger partial charge is 0.299 e. The third-order valence-electron chi connectivity index (χ3n) is 2.31. The van der Waals surface area contributed by atoms with E-state index in [2.05, 4.69) is 30.7 Å². The zero-order chi connectivity index (χ0) is 13.8. The quantitative estimate of drug-likeness (QED) is 0.765. The molecule has 0 aliphatic carbocycles. The Labute approximate surface area is 117 Å². The van der Waals surface area contributed by atoms with Crippen molar-refractivity contribution in [1.29, 1.82) is 0 Å². The Balaban J connectivity index is 1.71. The Hall–Kier alpha value is -2.81.